The molecule has 1 aromatic carbocycles. The van der Waals surface area contributed by atoms with E-state index < -0.39 is 5.97 Å². The molecule has 0 saturated carbocycles. The fourth-order valence-corrected chi connectivity index (χ4v) is 1.74. The second-order valence-electron chi connectivity index (χ2n) is 3.96. The molecular formula is C13H19NO3. The Morgan fingerprint density at radius 1 is 1.41 bits per heavy atom. The minimum Gasteiger partial charge on any atom is -0.478 e. The van der Waals surface area contributed by atoms with Gasteiger partial charge in [0.1, 0.15) is 0 Å². The molecule has 17 heavy (non-hydrogen) atoms. The van der Waals surface area contributed by atoms with Gasteiger partial charge in [-0.15, -0.1) is 0 Å². The van der Waals surface area contributed by atoms with Gasteiger partial charge in [-0.2, -0.15) is 0 Å². The van der Waals surface area contributed by atoms with E-state index in [-0.39, 0.29) is 12.6 Å². The summed E-state index contributed by atoms with van der Waals surface area (Å²) < 4.78 is 0. The quantitative estimate of drug-likeness (QED) is 0.674. The third-order valence-corrected chi connectivity index (χ3v) is 2.80. The molecule has 1 atom stereocenters. The van der Waals surface area contributed by atoms with Crippen molar-refractivity contribution < 1.29 is 15.0 Å². The topological polar surface area (TPSA) is 69.6 Å². The van der Waals surface area contributed by atoms with Crippen LogP contribution >= 0.6 is 0 Å². The zero-order valence-corrected chi connectivity index (χ0v) is 10.0. The lowest BCUT2D eigenvalue weighted by Gasteiger charge is -2.16. The number of aliphatic hydroxyl groups excluding tert-OH is 1. The van der Waals surface area contributed by atoms with Crippen molar-refractivity contribution in [2.24, 2.45) is 0 Å². The summed E-state index contributed by atoms with van der Waals surface area (Å²) in [5, 5.41) is 21.2. The van der Waals surface area contributed by atoms with Gasteiger partial charge in [-0.25, -0.2) is 4.79 Å². The van der Waals surface area contributed by atoms with E-state index in [4.69, 9.17) is 10.2 Å². The summed E-state index contributed by atoms with van der Waals surface area (Å²) in [6, 6.07) is 7.19. The van der Waals surface area contributed by atoms with E-state index in [1.165, 1.54) is 0 Å². The van der Waals surface area contributed by atoms with Crippen LogP contribution in [0.3, 0.4) is 0 Å². The van der Waals surface area contributed by atoms with E-state index in [2.05, 4.69) is 5.32 Å². The van der Waals surface area contributed by atoms with Crippen molar-refractivity contribution in [3.8, 4) is 0 Å². The monoisotopic (exact) mass is 237 g/mol. The third-order valence-electron chi connectivity index (χ3n) is 2.80. The van der Waals surface area contributed by atoms with Crippen LogP contribution in [0, 0.1) is 0 Å². The number of rotatable bonds is 7. The van der Waals surface area contributed by atoms with Gasteiger partial charge in [0.05, 0.1) is 5.56 Å². The molecule has 4 nitrogen and oxygen atoms in total. The van der Waals surface area contributed by atoms with Crippen LogP contribution in [0.2, 0.25) is 0 Å². The molecule has 1 unspecified atom stereocenters. The van der Waals surface area contributed by atoms with E-state index in [1.807, 2.05) is 19.1 Å². The molecular weight excluding hydrogens is 218 g/mol. The van der Waals surface area contributed by atoms with Gasteiger partial charge in [0, 0.05) is 19.2 Å². The van der Waals surface area contributed by atoms with Crippen molar-refractivity contribution in [2.45, 2.75) is 32.4 Å². The van der Waals surface area contributed by atoms with Crippen LogP contribution in [0.1, 0.15) is 35.7 Å². The van der Waals surface area contributed by atoms with Crippen molar-refractivity contribution in [3.63, 3.8) is 0 Å². The minimum absolute atomic E-state index is 0.145. The molecule has 0 aromatic heterocycles. The number of aliphatic hydroxyl groups is 1. The zero-order chi connectivity index (χ0) is 12.7. The summed E-state index contributed by atoms with van der Waals surface area (Å²) in [5.74, 6) is -0.905. The summed E-state index contributed by atoms with van der Waals surface area (Å²) >= 11 is 0. The first-order valence-electron chi connectivity index (χ1n) is 5.84. The number of carboxylic acids is 1. The van der Waals surface area contributed by atoms with Gasteiger partial charge in [-0.3, -0.25) is 0 Å². The average Bonchev–Trinajstić information content (AvgIpc) is 2.34. The molecule has 3 N–H and O–H groups in total. The van der Waals surface area contributed by atoms with E-state index in [0.29, 0.717) is 18.5 Å². The second kappa shape index (κ2) is 7.04. The van der Waals surface area contributed by atoms with Crippen LogP contribution in [0.5, 0.6) is 0 Å². The highest BCUT2D eigenvalue weighted by Crippen LogP contribution is 2.09. The van der Waals surface area contributed by atoms with Gasteiger partial charge in [-0.1, -0.05) is 25.1 Å². The zero-order valence-electron chi connectivity index (χ0n) is 10.0. The normalized spacial score (nSPS) is 12.4. The maximum absolute atomic E-state index is 11.0. The van der Waals surface area contributed by atoms with Gasteiger partial charge in [0.2, 0.25) is 0 Å². The first-order valence-corrected chi connectivity index (χ1v) is 5.84. The van der Waals surface area contributed by atoms with E-state index in [9.17, 15) is 4.79 Å². The summed E-state index contributed by atoms with van der Waals surface area (Å²) in [7, 11) is 0. The van der Waals surface area contributed by atoms with Gasteiger partial charge in [-0.05, 0) is 24.5 Å². The van der Waals surface area contributed by atoms with Crippen molar-refractivity contribution in [1.82, 2.24) is 5.32 Å². The Morgan fingerprint density at radius 3 is 2.71 bits per heavy atom. The number of aromatic carboxylic acids is 1. The summed E-state index contributed by atoms with van der Waals surface area (Å²) in [4.78, 5) is 11.0. The largest absolute Gasteiger partial charge is 0.478 e. The lowest BCUT2D eigenvalue weighted by Crippen LogP contribution is -2.29. The van der Waals surface area contributed by atoms with Crippen LogP contribution in [-0.2, 0) is 6.54 Å². The van der Waals surface area contributed by atoms with Gasteiger partial charge in [0.15, 0.2) is 0 Å². The van der Waals surface area contributed by atoms with Gasteiger partial charge in [0.25, 0.3) is 0 Å². The Labute approximate surface area is 101 Å². The molecule has 0 aliphatic carbocycles. The Morgan fingerprint density at radius 2 is 2.12 bits per heavy atom. The van der Waals surface area contributed by atoms with E-state index >= 15 is 0 Å². The molecule has 0 aliphatic rings. The standard InChI is InChI=1S/C13H19NO3/c1-2-11(7-8-15)14-9-10-5-3-4-6-12(10)13(16)17/h3-6,11,14-15H,2,7-9H2,1H3,(H,16,17). The summed E-state index contributed by atoms with van der Waals surface area (Å²) in [5.41, 5.74) is 1.11. The molecule has 0 spiro atoms. The van der Waals surface area contributed by atoms with Crippen LogP contribution in [0.4, 0.5) is 0 Å². The highest BCUT2D eigenvalue weighted by Gasteiger charge is 2.10. The Hall–Kier alpha value is -1.39. The predicted molar refractivity (Wildman–Crippen MR) is 66.0 cm³/mol. The highest BCUT2D eigenvalue weighted by atomic mass is 16.4. The van der Waals surface area contributed by atoms with Crippen LogP contribution in [0.25, 0.3) is 0 Å². The summed E-state index contributed by atoms with van der Waals surface area (Å²) in [6.07, 6.45) is 1.60. The average molecular weight is 237 g/mol. The van der Waals surface area contributed by atoms with Crippen molar-refractivity contribution in [2.75, 3.05) is 6.61 Å². The maximum Gasteiger partial charge on any atom is 0.336 e. The highest BCUT2D eigenvalue weighted by molar-refractivity contribution is 5.89. The molecule has 0 radical (unpaired) electrons. The number of carbonyl (C=O) groups is 1. The number of carboxylic acid groups (broad SMARTS) is 1. The Kier molecular flexibility index (Phi) is 5.66. The van der Waals surface area contributed by atoms with E-state index in [1.54, 1.807) is 12.1 Å². The molecule has 0 bridgehead atoms. The molecule has 0 fully saturated rings. The molecule has 94 valence electrons. The first-order chi connectivity index (χ1) is 8.19. The molecule has 1 rings (SSSR count). The molecule has 0 heterocycles. The molecule has 0 aliphatic heterocycles. The van der Waals surface area contributed by atoms with Crippen molar-refractivity contribution in [1.29, 1.82) is 0 Å². The third kappa shape index (κ3) is 4.17. The van der Waals surface area contributed by atoms with E-state index in [0.717, 1.165) is 12.0 Å². The number of hydrogen-bond acceptors (Lipinski definition) is 3. The lowest BCUT2D eigenvalue weighted by atomic mass is 10.1. The molecule has 4 heteroatoms. The SMILES string of the molecule is CCC(CCO)NCc1ccccc1C(=O)O. The number of benzene rings is 1. The first kappa shape index (κ1) is 13.7. The van der Waals surface area contributed by atoms with Crippen molar-refractivity contribution in [3.05, 3.63) is 35.4 Å². The smallest absolute Gasteiger partial charge is 0.336 e. The fraction of sp³-hybridized carbons (Fsp3) is 0.462. The molecule has 0 amide bonds. The summed E-state index contributed by atoms with van der Waals surface area (Å²) in [6.45, 7) is 2.70. The Bertz CT molecular complexity index is 365. The van der Waals surface area contributed by atoms with Crippen LogP contribution in [-0.4, -0.2) is 28.8 Å². The molecule has 1 aromatic rings. The number of hydrogen-bond donors (Lipinski definition) is 3. The molecule has 0 saturated heterocycles. The lowest BCUT2D eigenvalue weighted by molar-refractivity contribution is 0.0695. The predicted octanol–water partition coefficient (Wildman–Crippen LogP) is 1.64. The number of nitrogens with one attached hydrogen (secondary N) is 1. The van der Waals surface area contributed by atoms with Gasteiger partial charge < -0.3 is 15.5 Å². The fourth-order valence-electron chi connectivity index (χ4n) is 1.74. The van der Waals surface area contributed by atoms with Crippen LogP contribution < -0.4 is 5.32 Å². The van der Waals surface area contributed by atoms with Gasteiger partial charge >= 0.3 is 5.97 Å². The maximum atomic E-state index is 11.0. The van der Waals surface area contributed by atoms with Crippen molar-refractivity contribution >= 4 is 5.97 Å². The Balaban J connectivity index is 2.65. The van der Waals surface area contributed by atoms with Crippen LogP contribution in [0.15, 0.2) is 24.3 Å². The second-order valence-corrected chi connectivity index (χ2v) is 3.96. The minimum atomic E-state index is -0.905.